The summed E-state index contributed by atoms with van der Waals surface area (Å²) in [6.45, 7) is 6.72. The minimum atomic E-state index is -0.189. The number of anilines is 1. The summed E-state index contributed by atoms with van der Waals surface area (Å²) in [6.07, 6.45) is 0.856. The minimum Gasteiger partial charge on any atom is -0.504 e. The van der Waals surface area contributed by atoms with Crippen molar-refractivity contribution < 1.29 is 19.0 Å². The second-order valence-electron chi connectivity index (χ2n) is 7.53. The predicted octanol–water partition coefficient (Wildman–Crippen LogP) is 4.54. The summed E-state index contributed by atoms with van der Waals surface area (Å²) in [5.74, 6) is 0.134. The normalized spacial score (nSPS) is 14.9. The van der Waals surface area contributed by atoms with Gasteiger partial charge < -0.3 is 14.7 Å². The van der Waals surface area contributed by atoms with Crippen molar-refractivity contribution in [2.24, 2.45) is 0 Å². The smallest absolute Gasteiger partial charge is 0.160 e. The number of ether oxygens (including phenoxy) is 1. The molecule has 3 aromatic rings. The van der Waals surface area contributed by atoms with Crippen LogP contribution in [0.4, 0.5) is 10.1 Å². The van der Waals surface area contributed by atoms with E-state index in [0.29, 0.717) is 17.9 Å². The Morgan fingerprint density at radius 1 is 1.17 bits per heavy atom. The van der Waals surface area contributed by atoms with Gasteiger partial charge in [-0.3, -0.25) is 9.69 Å². The van der Waals surface area contributed by atoms with Crippen LogP contribution in [0.3, 0.4) is 0 Å². The van der Waals surface area contributed by atoms with Gasteiger partial charge in [0.2, 0.25) is 0 Å². The number of ketones is 1. The quantitative estimate of drug-likeness (QED) is 0.442. The van der Waals surface area contributed by atoms with E-state index in [-0.39, 0.29) is 17.3 Å². The molecule has 1 aliphatic rings. The molecule has 0 bridgehead atoms. The zero-order valence-electron chi connectivity index (χ0n) is 16.9. The van der Waals surface area contributed by atoms with Crippen molar-refractivity contribution in [2.75, 3.05) is 44.2 Å². The number of piperazine rings is 1. The first-order chi connectivity index (χ1) is 14.5. The number of phenols is 1. The van der Waals surface area contributed by atoms with Gasteiger partial charge in [-0.05, 0) is 49.7 Å². The molecule has 1 saturated heterocycles. The van der Waals surface area contributed by atoms with Gasteiger partial charge in [-0.2, -0.15) is 0 Å². The maximum Gasteiger partial charge on any atom is 0.160 e. The van der Waals surface area contributed by atoms with E-state index in [1.807, 2.05) is 6.07 Å². The Morgan fingerprint density at radius 2 is 1.97 bits per heavy atom. The first-order valence-corrected chi connectivity index (χ1v) is 11.0. The van der Waals surface area contributed by atoms with Crippen LogP contribution in [0.5, 0.6) is 11.5 Å². The molecular weight excluding hydrogens is 403 g/mol. The monoisotopic (exact) mass is 428 g/mol. The van der Waals surface area contributed by atoms with E-state index in [0.717, 1.165) is 49.2 Å². The molecule has 0 saturated carbocycles. The van der Waals surface area contributed by atoms with Gasteiger partial charge in [0.05, 0.1) is 12.3 Å². The summed E-state index contributed by atoms with van der Waals surface area (Å²) in [5, 5.41) is 13.2. The molecule has 30 heavy (non-hydrogen) atoms. The van der Waals surface area contributed by atoms with Crippen LogP contribution in [-0.2, 0) is 0 Å². The fourth-order valence-corrected chi connectivity index (χ4v) is 4.77. The molecule has 0 unspecified atom stereocenters. The largest absolute Gasteiger partial charge is 0.504 e. The molecule has 1 N–H and O–H groups in total. The Bertz CT molecular complexity index is 1040. The number of halogens is 1. The number of Topliss-reactive ketones (excluding diaryl/α,β-unsaturated/α-hetero) is 1. The topological polar surface area (TPSA) is 53.0 Å². The summed E-state index contributed by atoms with van der Waals surface area (Å²) >= 11 is 1.59. The molecule has 1 fully saturated rings. The van der Waals surface area contributed by atoms with E-state index in [4.69, 9.17) is 4.74 Å². The van der Waals surface area contributed by atoms with E-state index in [1.54, 1.807) is 29.5 Å². The van der Waals surface area contributed by atoms with Gasteiger partial charge in [-0.25, -0.2) is 4.39 Å². The molecular formula is C23H25FN2O3S. The number of phenolic OH excluding ortho intramolecular Hbond substituents is 1. The molecule has 2 heterocycles. The van der Waals surface area contributed by atoms with Gasteiger partial charge in [0.1, 0.15) is 5.82 Å². The number of aromatic hydroxyl groups is 1. The Morgan fingerprint density at radius 3 is 2.70 bits per heavy atom. The lowest BCUT2D eigenvalue weighted by Gasteiger charge is -2.35. The third-order valence-electron chi connectivity index (χ3n) is 5.47. The van der Waals surface area contributed by atoms with Crippen LogP contribution < -0.4 is 9.64 Å². The second kappa shape index (κ2) is 9.02. The molecule has 0 spiro atoms. The lowest BCUT2D eigenvalue weighted by atomic mass is 10.1. The summed E-state index contributed by atoms with van der Waals surface area (Å²) in [6, 6.07) is 9.75. The summed E-state index contributed by atoms with van der Waals surface area (Å²) < 4.78 is 20.1. The van der Waals surface area contributed by atoms with Crippen LogP contribution in [0.1, 0.15) is 23.7 Å². The van der Waals surface area contributed by atoms with Crippen molar-refractivity contribution in [1.29, 1.82) is 0 Å². The molecule has 1 aliphatic heterocycles. The minimum absolute atomic E-state index is 0.000755. The van der Waals surface area contributed by atoms with Gasteiger partial charge in [0.25, 0.3) is 0 Å². The molecule has 0 aliphatic carbocycles. The molecule has 5 nitrogen and oxygen atoms in total. The standard InChI is InChI=1S/C23H25FN2O3S/c1-16(27)17-3-6-22(21(28)13-17)29-12-2-7-25-8-10-26(11-9-25)20-15-30-23-14-18(24)4-5-19(20)23/h3-6,13-15,28H,2,7-12H2,1H3. The van der Waals surface area contributed by atoms with E-state index in [2.05, 4.69) is 15.2 Å². The highest BCUT2D eigenvalue weighted by Gasteiger charge is 2.19. The molecule has 0 atom stereocenters. The van der Waals surface area contributed by atoms with Gasteiger partial charge >= 0.3 is 0 Å². The molecule has 7 heteroatoms. The van der Waals surface area contributed by atoms with Crippen LogP contribution in [0.25, 0.3) is 10.1 Å². The lowest BCUT2D eigenvalue weighted by Crippen LogP contribution is -2.46. The number of thiophene rings is 1. The molecule has 158 valence electrons. The van der Waals surface area contributed by atoms with E-state index < -0.39 is 0 Å². The average molecular weight is 429 g/mol. The van der Waals surface area contributed by atoms with E-state index in [1.165, 1.54) is 24.7 Å². The third-order valence-corrected chi connectivity index (χ3v) is 6.40. The molecule has 4 rings (SSSR count). The van der Waals surface area contributed by atoms with Crippen molar-refractivity contribution in [3.8, 4) is 11.5 Å². The highest BCUT2D eigenvalue weighted by molar-refractivity contribution is 7.17. The average Bonchev–Trinajstić information content (AvgIpc) is 3.15. The molecule has 0 radical (unpaired) electrons. The Kier molecular flexibility index (Phi) is 6.20. The van der Waals surface area contributed by atoms with Gasteiger partial charge in [-0.15, -0.1) is 11.3 Å². The second-order valence-corrected chi connectivity index (χ2v) is 8.44. The number of fused-ring (bicyclic) bond motifs is 1. The first kappa shape index (κ1) is 20.6. The van der Waals surface area contributed by atoms with E-state index >= 15 is 0 Å². The zero-order valence-corrected chi connectivity index (χ0v) is 17.8. The van der Waals surface area contributed by atoms with Crippen LogP contribution in [0.2, 0.25) is 0 Å². The predicted molar refractivity (Wildman–Crippen MR) is 119 cm³/mol. The number of rotatable bonds is 7. The van der Waals surface area contributed by atoms with Crippen LogP contribution in [0.15, 0.2) is 41.8 Å². The molecule has 0 amide bonds. The summed E-state index contributed by atoms with van der Waals surface area (Å²) in [7, 11) is 0. The fourth-order valence-electron chi connectivity index (χ4n) is 3.77. The van der Waals surface area contributed by atoms with Crippen LogP contribution in [0, 0.1) is 5.82 Å². The van der Waals surface area contributed by atoms with E-state index in [9.17, 15) is 14.3 Å². The number of hydrogen-bond acceptors (Lipinski definition) is 6. The lowest BCUT2D eigenvalue weighted by molar-refractivity contribution is 0.101. The highest BCUT2D eigenvalue weighted by atomic mass is 32.1. The molecule has 1 aromatic heterocycles. The Balaban J connectivity index is 1.23. The SMILES string of the molecule is CC(=O)c1ccc(OCCCN2CCN(c3csc4cc(F)ccc34)CC2)c(O)c1. The number of hydrogen-bond donors (Lipinski definition) is 1. The fraction of sp³-hybridized carbons (Fsp3) is 0.348. The van der Waals surface area contributed by atoms with Crippen molar-refractivity contribution in [3.63, 3.8) is 0 Å². The highest BCUT2D eigenvalue weighted by Crippen LogP contribution is 2.34. The van der Waals surface area contributed by atoms with Crippen molar-refractivity contribution in [3.05, 3.63) is 53.2 Å². The van der Waals surface area contributed by atoms with Gasteiger partial charge in [0.15, 0.2) is 17.3 Å². The number of benzene rings is 2. The third kappa shape index (κ3) is 4.57. The van der Waals surface area contributed by atoms with Crippen molar-refractivity contribution in [2.45, 2.75) is 13.3 Å². The zero-order chi connectivity index (χ0) is 21.1. The Labute approximate surface area is 179 Å². The first-order valence-electron chi connectivity index (χ1n) is 10.1. The number of carbonyl (C=O) groups is 1. The Hall–Kier alpha value is -2.64. The summed E-state index contributed by atoms with van der Waals surface area (Å²) in [4.78, 5) is 16.1. The number of carbonyl (C=O) groups excluding carboxylic acids is 1. The maximum absolute atomic E-state index is 13.4. The van der Waals surface area contributed by atoms with Crippen molar-refractivity contribution >= 4 is 32.9 Å². The van der Waals surface area contributed by atoms with Crippen molar-refractivity contribution in [1.82, 2.24) is 4.90 Å². The summed E-state index contributed by atoms with van der Waals surface area (Å²) in [5.41, 5.74) is 1.67. The molecule has 2 aromatic carbocycles. The van der Waals surface area contributed by atoms with Gasteiger partial charge in [0, 0.05) is 53.8 Å². The number of nitrogens with zero attached hydrogens (tertiary/aromatic N) is 2. The van der Waals surface area contributed by atoms with Crippen LogP contribution in [-0.4, -0.2) is 55.1 Å². The van der Waals surface area contributed by atoms with Gasteiger partial charge in [-0.1, -0.05) is 0 Å². The maximum atomic E-state index is 13.4. The van der Waals surface area contributed by atoms with Crippen LogP contribution >= 0.6 is 11.3 Å².